The van der Waals surface area contributed by atoms with Crippen LogP contribution >= 0.6 is 0 Å². The number of ether oxygens (including phenoxy) is 1. The molecule has 9 heteroatoms. The Bertz CT molecular complexity index is 1090. The number of likely N-dealkylation sites (N-methyl/N-ethyl adjacent to an activating group) is 1. The van der Waals surface area contributed by atoms with Gasteiger partial charge in [0.1, 0.15) is 22.9 Å². The van der Waals surface area contributed by atoms with Gasteiger partial charge in [0.25, 0.3) is 0 Å². The van der Waals surface area contributed by atoms with Gasteiger partial charge in [-0.1, -0.05) is 35.5 Å². The molecule has 0 unspecified atom stereocenters. The lowest BCUT2D eigenvalue weighted by molar-refractivity contribution is -0.116. The van der Waals surface area contributed by atoms with E-state index < -0.39 is 15.9 Å². The Morgan fingerprint density at radius 1 is 1.10 bits per heavy atom. The molecule has 0 spiro atoms. The number of nitrogens with one attached hydrogen (secondary N) is 1. The van der Waals surface area contributed by atoms with Crippen molar-refractivity contribution >= 4 is 21.6 Å². The second-order valence-corrected chi connectivity index (χ2v) is 8.74. The number of carbonyl (C=O) groups excluding carboxylic acids is 1. The molecule has 30 heavy (non-hydrogen) atoms. The molecular weight excluding hydrogens is 406 g/mol. The topological polar surface area (TPSA) is 102 Å². The van der Waals surface area contributed by atoms with Gasteiger partial charge < -0.3 is 14.6 Å². The molecule has 2 aromatic carbocycles. The Hall–Kier alpha value is -3.17. The van der Waals surface area contributed by atoms with E-state index in [9.17, 15) is 13.2 Å². The number of anilines is 1. The van der Waals surface area contributed by atoms with Crippen LogP contribution in [0.3, 0.4) is 0 Å². The van der Waals surface area contributed by atoms with Crippen LogP contribution < -0.4 is 10.1 Å². The van der Waals surface area contributed by atoms with Crippen molar-refractivity contribution in [3.8, 4) is 5.75 Å². The normalized spacial score (nSPS) is 11.5. The van der Waals surface area contributed by atoms with Crippen LogP contribution in [-0.2, 0) is 21.4 Å². The third kappa shape index (κ3) is 5.05. The van der Waals surface area contributed by atoms with Crippen molar-refractivity contribution in [2.75, 3.05) is 18.9 Å². The second kappa shape index (κ2) is 9.10. The fourth-order valence-electron chi connectivity index (χ4n) is 2.86. The summed E-state index contributed by atoms with van der Waals surface area (Å²) in [5.41, 5.74) is 1.85. The molecule has 1 N–H and O–H groups in total. The Balaban J connectivity index is 1.57. The van der Waals surface area contributed by atoms with Gasteiger partial charge in [-0.2, -0.15) is 4.31 Å². The molecule has 0 aliphatic carbocycles. The van der Waals surface area contributed by atoms with Crippen molar-refractivity contribution in [1.29, 1.82) is 0 Å². The Labute approximate surface area is 175 Å². The monoisotopic (exact) mass is 429 g/mol. The number of nitrogens with zero attached hydrogens (tertiary/aromatic N) is 2. The van der Waals surface area contributed by atoms with Gasteiger partial charge >= 0.3 is 0 Å². The summed E-state index contributed by atoms with van der Waals surface area (Å²) in [6.07, 6.45) is 0. The summed E-state index contributed by atoms with van der Waals surface area (Å²) in [5, 5.41) is 6.34. The average molecular weight is 429 g/mol. The van der Waals surface area contributed by atoms with E-state index in [0.717, 1.165) is 9.87 Å². The lowest BCUT2D eigenvalue weighted by Crippen LogP contribution is -2.35. The molecule has 0 bridgehead atoms. The summed E-state index contributed by atoms with van der Waals surface area (Å²) in [6, 6.07) is 16.6. The molecule has 3 aromatic rings. The first-order valence-electron chi connectivity index (χ1n) is 9.23. The molecule has 1 aromatic heterocycles. The van der Waals surface area contributed by atoms with Gasteiger partial charge in [0.05, 0.1) is 6.54 Å². The summed E-state index contributed by atoms with van der Waals surface area (Å²) in [7, 11) is -2.55. The van der Waals surface area contributed by atoms with Crippen LogP contribution in [0.5, 0.6) is 5.75 Å². The van der Waals surface area contributed by atoms with Crippen LogP contribution in [0.2, 0.25) is 0 Å². The number of carbonyl (C=O) groups is 1. The van der Waals surface area contributed by atoms with E-state index in [0.29, 0.717) is 18.0 Å². The Morgan fingerprint density at radius 3 is 2.37 bits per heavy atom. The highest BCUT2D eigenvalue weighted by Crippen LogP contribution is 2.22. The molecule has 1 amide bonds. The van der Waals surface area contributed by atoms with Crippen molar-refractivity contribution in [2.45, 2.75) is 25.3 Å². The first-order chi connectivity index (χ1) is 14.3. The van der Waals surface area contributed by atoms with Crippen LogP contribution in [0, 0.1) is 13.8 Å². The van der Waals surface area contributed by atoms with Crippen molar-refractivity contribution < 1.29 is 22.5 Å². The quantitative estimate of drug-likeness (QED) is 0.590. The van der Waals surface area contributed by atoms with Crippen molar-refractivity contribution in [3.05, 3.63) is 71.6 Å². The van der Waals surface area contributed by atoms with Gasteiger partial charge in [0, 0.05) is 12.7 Å². The van der Waals surface area contributed by atoms with Crippen molar-refractivity contribution in [2.24, 2.45) is 0 Å². The number of hydrogen-bond donors (Lipinski definition) is 1. The van der Waals surface area contributed by atoms with Gasteiger partial charge in [-0.05, 0) is 43.7 Å². The molecule has 0 fully saturated rings. The van der Waals surface area contributed by atoms with Gasteiger partial charge in [0.15, 0.2) is 5.76 Å². The fraction of sp³-hybridized carbons (Fsp3) is 0.238. The summed E-state index contributed by atoms with van der Waals surface area (Å²) in [4.78, 5) is 12.3. The minimum Gasteiger partial charge on any atom is -0.489 e. The van der Waals surface area contributed by atoms with Crippen LogP contribution in [0.15, 0.2) is 64.0 Å². The van der Waals surface area contributed by atoms with Crippen LogP contribution in [0.1, 0.15) is 17.0 Å². The van der Waals surface area contributed by atoms with Gasteiger partial charge in [0.2, 0.25) is 15.9 Å². The third-order valence-electron chi connectivity index (χ3n) is 4.39. The minimum atomic E-state index is -3.89. The zero-order valence-corrected chi connectivity index (χ0v) is 17.8. The molecular formula is C21H23N3O5S. The molecule has 1 heterocycles. The van der Waals surface area contributed by atoms with Gasteiger partial charge in [-0.3, -0.25) is 4.79 Å². The predicted octanol–water partition coefficient (Wildman–Crippen LogP) is 3.13. The average Bonchev–Trinajstić information content (AvgIpc) is 3.07. The number of aryl methyl sites for hydroxylation is 2. The summed E-state index contributed by atoms with van der Waals surface area (Å²) < 4.78 is 37.0. The van der Waals surface area contributed by atoms with E-state index in [1.165, 1.54) is 14.0 Å². The predicted molar refractivity (Wildman–Crippen MR) is 112 cm³/mol. The maximum absolute atomic E-state index is 12.7. The molecule has 3 rings (SSSR count). The molecule has 0 atom stereocenters. The lowest BCUT2D eigenvalue weighted by atomic mass is 10.2. The minimum absolute atomic E-state index is 0.0160. The number of hydrogen-bond acceptors (Lipinski definition) is 6. The first kappa shape index (κ1) is 21.5. The Morgan fingerprint density at radius 2 is 1.77 bits per heavy atom. The summed E-state index contributed by atoms with van der Waals surface area (Å²) in [5.74, 6) is 0.381. The number of aromatic nitrogens is 1. The molecule has 0 saturated heterocycles. The molecule has 0 saturated carbocycles. The molecule has 0 aliphatic heterocycles. The van der Waals surface area contributed by atoms with Gasteiger partial charge in [-0.15, -0.1) is 0 Å². The number of amides is 1. The molecule has 0 aliphatic rings. The Kier molecular flexibility index (Phi) is 6.53. The van der Waals surface area contributed by atoms with E-state index in [2.05, 4.69) is 10.5 Å². The maximum Gasteiger partial charge on any atom is 0.248 e. The number of sulfonamides is 1. The highest BCUT2D eigenvalue weighted by Gasteiger charge is 2.29. The third-order valence-corrected chi connectivity index (χ3v) is 6.44. The standard InChI is InChI=1S/C21H23N3O5S/c1-15-21(16(2)29-23-15)30(26,27)24(3)13-20(25)22-18-9-11-19(12-10-18)28-14-17-7-5-4-6-8-17/h4-12H,13-14H2,1-3H3,(H,22,25). The second-order valence-electron chi connectivity index (χ2n) is 6.76. The maximum atomic E-state index is 12.7. The lowest BCUT2D eigenvalue weighted by Gasteiger charge is -2.16. The summed E-state index contributed by atoms with van der Waals surface area (Å²) in [6.45, 7) is 3.15. The zero-order valence-electron chi connectivity index (χ0n) is 17.0. The summed E-state index contributed by atoms with van der Waals surface area (Å²) >= 11 is 0. The van der Waals surface area contributed by atoms with Crippen LogP contribution in [0.4, 0.5) is 5.69 Å². The van der Waals surface area contributed by atoms with E-state index in [1.54, 1.807) is 31.2 Å². The van der Waals surface area contributed by atoms with Crippen LogP contribution in [0.25, 0.3) is 0 Å². The number of benzene rings is 2. The van der Waals surface area contributed by atoms with Gasteiger partial charge in [-0.25, -0.2) is 8.42 Å². The van der Waals surface area contributed by atoms with E-state index in [4.69, 9.17) is 9.26 Å². The molecule has 8 nitrogen and oxygen atoms in total. The van der Waals surface area contributed by atoms with E-state index in [-0.39, 0.29) is 22.9 Å². The van der Waals surface area contributed by atoms with E-state index >= 15 is 0 Å². The highest BCUT2D eigenvalue weighted by molar-refractivity contribution is 7.89. The first-order valence-corrected chi connectivity index (χ1v) is 10.7. The zero-order chi connectivity index (χ0) is 21.7. The van der Waals surface area contributed by atoms with Crippen molar-refractivity contribution in [3.63, 3.8) is 0 Å². The fourth-order valence-corrected chi connectivity index (χ4v) is 4.27. The van der Waals surface area contributed by atoms with Crippen molar-refractivity contribution in [1.82, 2.24) is 9.46 Å². The van der Waals surface area contributed by atoms with E-state index in [1.807, 2.05) is 30.3 Å². The highest BCUT2D eigenvalue weighted by atomic mass is 32.2. The largest absolute Gasteiger partial charge is 0.489 e. The molecule has 0 radical (unpaired) electrons. The smallest absolute Gasteiger partial charge is 0.248 e. The number of rotatable bonds is 8. The van der Waals surface area contributed by atoms with Crippen LogP contribution in [-0.4, -0.2) is 37.4 Å². The SMILES string of the molecule is Cc1noc(C)c1S(=O)(=O)N(C)CC(=O)Nc1ccc(OCc2ccccc2)cc1. The molecule has 158 valence electrons.